The summed E-state index contributed by atoms with van der Waals surface area (Å²) >= 11 is 0. The molecule has 23 heavy (non-hydrogen) atoms. The van der Waals surface area contributed by atoms with Crippen molar-refractivity contribution in [2.24, 2.45) is 5.92 Å². The van der Waals surface area contributed by atoms with Crippen LogP contribution in [0.25, 0.3) is 0 Å². The largest absolute Gasteiger partial charge is 0.396 e. The van der Waals surface area contributed by atoms with Crippen molar-refractivity contribution in [3.8, 4) is 6.07 Å². The minimum absolute atomic E-state index is 0.637. The molecule has 1 aliphatic heterocycles. The van der Waals surface area contributed by atoms with Crippen molar-refractivity contribution in [1.82, 2.24) is 4.57 Å². The quantitative estimate of drug-likeness (QED) is 0.943. The number of anilines is 2. The van der Waals surface area contributed by atoms with E-state index in [-0.39, 0.29) is 0 Å². The second-order valence-corrected chi connectivity index (χ2v) is 6.67. The summed E-state index contributed by atoms with van der Waals surface area (Å²) in [6.45, 7) is 7.09. The summed E-state index contributed by atoms with van der Waals surface area (Å²) in [5.74, 6) is 1.78. The Bertz CT molecular complexity index is 730. The van der Waals surface area contributed by atoms with Crippen molar-refractivity contribution in [2.45, 2.75) is 33.2 Å². The molecule has 0 amide bonds. The molecule has 2 N–H and O–H groups in total. The van der Waals surface area contributed by atoms with E-state index in [4.69, 9.17) is 5.73 Å². The van der Waals surface area contributed by atoms with Crippen LogP contribution in [0.5, 0.6) is 0 Å². The van der Waals surface area contributed by atoms with Crippen LogP contribution in [0.4, 0.5) is 11.5 Å². The van der Waals surface area contributed by atoms with Gasteiger partial charge in [-0.1, -0.05) is 36.8 Å². The summed E-state index contributed by atoms with van der Waals surface area (Å²) in [5, 5.41) is 9.48. The first-order valence-corrected chi connectivity index (χ1v) is 8.28. The fourth-order valence-corrected chi connectivity index (χ4v) is 3.38. The number of nitrogens with two attached hydrogens (primary N) is 1. The predicted molar refractivity (Wildman–Crippen MR) is 94.5 cm³/mol. The van der Waals surface area contributed by atoms with Gasteiger partial charge in [0.2, 0.25) is 0 Å². The number of nitrogen functional groups attached to an aromatic ring is 1. The zero-order chi connectivity index (χ0) is 16.4. The van der Waals surface area contributed by atoms with E-state index >= 15 is 0 Å². The standard InChI is InChI=1S/C19H24N4/c1-14-6-8-22(9-7-14)19-18(21)11-17(12-20)23(19)13-16-5-3-4-15(2)10-16/h3-5,10-11,14H,6-9,13,21H2,1-2H3. The molecule has 3 rings (SSSR count). The van der Waals surface area contributed by atoms with E-state index in [9.17, 15) is 5.26 Å². The number of aromatic nitrogens is 1. The van der Waals surface area contributed by atoms with Gasteiger partial charge >= 0.3 is 0 Å². The number of hydrogen-bond donors (Lipinski definition) is 1. The van der Waals surface area contributed by atoms with E-state index in [2.05, 4.69) is 53.6 Å². The maximum Gasteiger partial charge on any atom is 0.133 e. The van der Waals surface area contributed by atoms with Crippen LogP contribution >= 0.6 is 0 Å². The van der Waals surface area contributed by atoms with Gasteiger partial charge in [0.1, 0.15) is 17.6 Å². The summed E-state index contributed by atoms with van der Waals surface area (Å²) in [5.41, 5.74) is 10.0. The highest BCUT2D eigenvalue weighted by Gasteiger charge is 2.23. The minimum atomic E-state index is 0.637. The first-order valence-electron chi connectivity index (χ1n) is 8.28. The molecule has 0 spiro atoms. The molecular formula is C19H24N4. The highest BCUT2D eigenvalue weighted by Crippen LogP contribution is 2.32. The number of piperidine rings is 1. The van der Waals surface area contributed by atoms with E-state index in [1.165, 1.54) is 24.0 Å². The van der Waals surface area contributed by atoms with Crippen molar-refractivity contribution in [1.29, 1.82) is 5.26 Å². The normalized spacial score (nSPS) is 15.6. The molecule has 1 fully saturated rings. The number of rotatable bonds is 3. The topological polar surface area (TPSA) is 58.0 Å². The van der Waals surface area contributed by atoms with Crippen molar-refractivity contribution in [2.75, 3.05) is 23.7 Å². The molecule has 2 heterocycles. The average Bonchev–Trinajstić information content (AvgIpc) is 2.84. The highest BCUT2D eigenvalue weighted by atomic mass is 15.3. The van der Waals surface area contributed by atoms with Gasteiger partial charge in [-0.25, -0.2) is 0 Å². The Balaban J connectivity index is 1.96. The Morgan fingerprint density at radius 1 is 1.26 bits per heavy atom. The van der Waals surface area contributed by atoms with Crippen LogP contribution < -0.4 is 10.6 Å². The van der Waals surface area contributed by atoms with Crippen molar-refractivity contribution >= 4 is 11.5 Å². The lowest BCUT2D eigenvalue weighted by Gasteiger charge is -2.33. The van der Waals surface area contributed by atoms with Crippen molar-refractivity contribution in [3.05, 3.63) is 47.2 Å². The van der Waals surface area contributed by atoms with Gasteiger partial charge in [-0.2, -0.15) is 5.26 Å². The lowest BCUT2D eigenvalue weighted by atomic mass is 9.99. The zero-order valence-corrected chi connectivity index (χ0v) is 13.9. The average molecular weight is 308 g/mol. The molecule has 120 valence electrons. The Morgan fingerprint density at radius 3 is 2.65 bits per heavy atom. The molecule has 4 nitrogen and oxygen atoms in total. The highest BCUT2D eigenvalue weighted by molar-refractivity contribution is 5.68. The van der Waals surface area contributed by atoms with Crippen LogP contribution in [0, 0.1) is 24.2 Å². The first kappa shape index (κ1) is 15.5. The first-order chi connectivity index (χ1) is 11.1. The van der Waals surface area contributed by atoms with Crippen molar-refractivity contribution < 1.29 is 0 Å². The van der Waals surface area contributed by atoms with E-state index in [1.54, 1.807) is 0 Å². The fraction of sp³-hybridized carbons (Fsp3) is 0.421. The Labute approximate surface area is 138 Å². The third-order valence-electron chi connectivity index (χ3n) is 4.72. The molecular weight excluding hydrogens is 284 g/mol. The number of hydrogen-bond acceptors (Lipinski definition) is 3. The summed E-state index contributed by atoms with van der Waals surface area (Å²) in [6, 6.07) is 12.5. The Kier molecular flexibility index (Phi) is 4.29. The smallest absolute Gasteiger partial charge is 0.133 e. The molecule has 0 unspecified atom stereocenters. The minimum Gasteiger partial charge on any atom is -0.396 e. The third-order valence-corrected chi connectivity index (χ3v) is 4.72. The van der Waals surface area contributed by atoms with Crippen LogP contribution in [-0.4, -0.2) is 17.7 Å². The van der Waals surface area contributed by atoms with E-state index < -0.39 is 0 Å². The van der Waals surface area contributed by atoms with E-state index in [0.29, 0.717) is 17.9 Å². The molecule has 2 aromatic rings. The Morgan fingerprint density at radius 2 is 2.00 bits per heavy atom. The van der Waals surface area contributed by atoms with Gasteiger partial charge in [0.25, 0.3) is 0 Å². The summed E-state index contributed by atoms with van der Waals surface area (Å²) < 4.78 is 2.07. The van der Waals surface area contributed by atoms with Gasteiger partial charge in [0.05, 0.1) is 12.2 Å². The van der Waals surface area contributed by atoms with E-state index in [0.717, 1.165) is 24.8 Å². The molecule has 0 atom stereocenters. The number of nitrogens with zero attached hydrogens (tertiary/aromatic N) is 3. The molecule has 0 radical (unpaired) electrons. The molecule has 1 aromatic heterocycles. The van der Waals surface area contributed by atoms with Gasteiger partial charge in [0.15, 0.2) is 0 Å². The maximum atomic E-state index is 9.48. The van der Waals surface area contributed by atoms with Crippen LogP contribution in [0.15, 0.2) is 30.3 Å². The molecule has 4 heteroatoms. The summed E-state index contributed by atoms with van der Waals surface area (Å²) in [6.07, 6.45) is 2.36. The summed E-state index contributed by atoms with van der Waals surface area (Å²) in [7, 11) is 0. The molecule has 0 bridgehead atoms. The summed E-state index contributed by atoms with van der Waals surface area (Å²) in [4.78, 5) is 2.34. The second-order valence-electron chi connectivity index (χ2n) is 6.67. The molecule has 1 aliphatic rings. The lowest BCUT2D eigenvalue weighted by Crippen LogP contribution is -2.35. The second kappa shape index (κ2) is 6.37. The zero-order valence-electron chi connectivity index (χ0n) is 13.9. The van der Waals surface area contributed by atoms with Gasteiger partial charge in [-0.3, -0.25) is 0 Å². The van der Waals surface area contributed by atoms with Crippen LogP contribution in [-0.2, 0) is 6.54 Å². The number of benzene rings is 1. The number of nitriles is 1. The molecule has 1 aromatic carbocycles. The molecule has 1 saturated heterocycles. The van der Waals surface area contributed by atoms with Gasteiger partial charge in [-0.05, 0) is 37.3 Å². The monoisotopic (exact) mass is 308 g/mol. The van der Waals surface area contributed by atoms with Gasteiger partial charge in [-0.15, -0.1) is 0 Å². The van der Waals surface area contributed by atoms with E-state index in [1.807, 2.05) is 6.07 Å². The van der Waals surface area contributed by atoms with Crippen LogP contribution in [0.2, 0.25) is 0 Å². The molecule has 0 aliphatic carbocycles. The number of aryl methyl sites for hydroxylation is 1. The molecule has 0 saturated carbocycles. The fourth-order valence-electron chi connectivity index (χ4n) is 3.38. The third kappa shape index (κ3) is 3.19. The van der Waals surface area contributed by atoms with Gasteiger partial charge in [0, 0.05) is 13.1 Å². The van der Waals surface area contributed by atoms with Crippen LogP contribution in [0.3, 0.4) is 0 Å². The Hall–Kier alpha value is -2.41. The lowest BCUT2D eigenvalue weighted by molar-refractivity contribution is 0.434. The van der Waals surface area contributed by atoms with Crippen LogP contribution in [0.1, 0.15) is 36.6 Å². The van der Waals surface area contributed by atoms with Crippen molar-refractivity contribution in [3.63, 3.8) is 0 Å². The van der Waals surface area contributed by atoms with Gasteiger partial charge < -0.3 is 15.2 Å². The maximum absolute atomic E-state index is 9.48. The predicted octanol–water partition coefficient (Wildman–Crippen LogP) is 3.54. The SMILES string of the molecule is Cc1cccc(Cn2c(C#N)cc(N)c2N2CCC(C)CC2)c1.